The summed E-state index contributed by atoms with van der Waals surface area (Å²) in [5.41, 5.74) is 5.87. The topological polar surface area (TPSA) is 147 Å². The largest absolute Gasteiger partial charge is 0.463 e. The summed E-state index contributed by atoms with van der Waals surface area (Å²) in [6, 6.07) is -0.616. The molecule has 9 heteroatoms. The number of esters is 1. The van der Waals surface area contributed by atoms with Gasteiger partial charge in [-0.25, -0.2) is 4.79 Å². The maximum absolute atomic E-state index is 11.3. The van der Waals surface area contributed by atoms with Crippen LogP contribution in [-0.4, -0.2) is 60.3 Å². The molecule has 0 saturated heterocycles. The number of hydrogen-bond acceptors (Lipinski definition) is 7. The summed E-state index contributed by atoms with van der Waals surface area (Å²) in [6.07, 6.45) is 0.155. The fourth-order valence-corrected chi connectivity index (χ4v) is 1.38. The minimum absolute atomic E-state index is 0.233. The molecule has 3 atom stereocenters. The van der Waals surface area contributed by atoms with E-state index in [9.17, 15) is 23.4 Å². The third-order valence-electron chi connectivity index (χ3n) is 2.15. The van der Waals surface area contributed by atoms with Gasteiger partial charge in [0.25, 0.3) is 10.1 Å². The molecule has 0 amide bonds. The lowest BCUT2D eigenvalue weighted by Crippen LogP contribution is -2.46. The molecule has 0 aliphatic heterocycles. The highest BCUT2D eigenvalue weighted by atomic mass is 32.2. The molecule has 1 rings (SSSR count). The highest BCUT2D eigenvalue weighted by Crippen LogP contribution is 2.19. The Hall–Kier alpha value is -1.00. The molecule has 0 fully saturated rings. The molecule has 0 unspecified atom stereocenters. The molecule has 0 aromatic rings. The number of ether oxygens (including phenoxy) is 1. The maximum Gasteiger partial charge on any atom is 0.333 e. The molecule has 0 spiro atoms. The van der Waals surface area contributed by atoms with Crippen molar-refractivity contribution in [3.05, 3.63) is 11.6 Å². The lowest BCUT2D eigenvalue weighted by molar-refractivity contribution is -0.139. The van der Waals surface area contributed by atoms with Gasteiger partial charge in [-0.2, -0.15) is 8.42 Å². The second-order valence-corrected chi connectivity index (χ2v) is 5.46. The smallest absolute Gasteiger partial charge is 0.333 e. The van der Waals surface area contributed by atoms with Crippen molar-refractivity contribution in [3.8, 4) is 0 Å². The van der Waals surface area contributed by atoms with Gasteiger partial charge in [-0.05, 0) is 19.4 Å². The SMILES string of the molecule is CCOC(=O)C1=C[C@@H](O)[C@@H](O)[C@H](N)C1.CS(=O)(=O)O. The normalized spacial score (nSPS) is 26.8. The minimum atomic E-state index is -3.67. The first-order valence-corrected chi connectivity index (χ1v) is 7.33. The second-order valence-electron chi connectivity index (χ2n) is 3.99. The molecule has 0 aromatic carbocycles. The fourth-order valence-electron chi connectivity index (χ4n) is 1.38. The van der Waals surface area contributed by atoms with E-state index in [-0.39, 0.29) is 13.0 Å². The third-order valence-corrected chi connectivity index (χ3v) is 2.15. The first kappa shape index (κ1) is 18.0. The molecule has 1 aliphatic carbocycles. The van der Waals surface area contributed by atoms with Crippen molar-refractivity contribution in [2.75, 3.05) is 12.9 Å². The summed E-state index contributed by atoms with van der Waals surface area (Å²) < 4.78 is 30.6. The standard InChI is InChI=1S/C9H15NO4.CH4O3S/c1-2-14-9(13)5-3-6(10)8(12)7(11)4-5;1-5(2,3)4/h4,6-8,11-12H,2-3,10H2,1H3;1H3,(H,2,3,4)/t6-,7-,8+;/m1./s1. The first-order valence-electron chi connectivity index (χ1n) is 5.48. The van der Waals surface area contributed by atoms with Gasteiger partial charge in [0.15, 0.2) is 0 Å². The molecule has 5 N–H and O–H groups in total. The van der Waals surface area contributed by atoms with E-state index >= 15 is 0 Å². The lowest BCUT2D eigenvalue weighted by Gasteiger charge is -2.27. The Bertz CT molecular complexity index is 423. The van der Waals surface area contributed by atoms with E-state index in [4.69, 9.17) is 15.0 Å². The van der Waals surface area contributed by atoms with Crippen LogP contribution in [0, 0.1) is 0 Å². The van der Waals surface area contributed by atoms with Crippen molar-refractivity contribution in [1.29, 1.82) is 0 Å². The second kappa shape index (κ2) is 7.56. The van der Waals surface area contributed by atoms with Gasteiger partial charge in [0, 0.05) is 11.6 Å². The van der Waals surface area contributed by atoms with E-state index in [1.165, 1.54) is 6.08 Å². The zero-order valence-electron chi connectivity index (χ0n) is 10.7. The monoisotopic (exact) mass is 297 g/mol. The van der Waals surface area contributed by atoms with Crippen molar-refractivity contribution < 1.29 is 32.7 Å². The molecule has 0 aromatic heterocycles. The number of rotatable bonds is 2. The summed E-state index contributed by atoms with van der Waals surface area (Å²) in [6.45, 7) is 1.98. The Labute approximate surface area is 111 Å². The lowest BCUT2D eigenvalue weighted by atomic mass is 9.91. The van der Waals surface area contributed by atoms with Crippen LogP contribution in [0.5, 0.6) is 0 Å². The number of carbonyl (C=O) groups is 1. The highest BCUT2D eigenvalue weighted by molar-refractivity contribution is 7.85. The van der Waals surface area contributed by atoms with Crippen LogP contribution in [0.1, 0.15) is 13.3 Å². The van der Waals surface area contributed by atoms with Crippen LogP contribution < -0.4 is 5.73 Å². The Morgan fingerprint density at radius 1 is 1.53 bits per heavy atom. The summed E-state index contributed by atoms with van der Waals surface area (Å²) in [5, 5.41) is 18.6. The van der Waals surface area contributed by atoms with Gasteiger partial charge in [0.2, 0.25) is 0 Å². The van der Waals surface area contributed by atoms with E-state index in [0.29, 0.717) is 11.8 Å². The summed E-state index contributed by atoms with van der Waals surface area (Å²) >= 11 is 0. The number of nitrogens with two attached hydrogens (primary N) is 1. The Morgan fingerprint density at radius 2 is 2.00 bits per heavy atom. The van der Waals surface area contributed by atoms with Gasteiger partial charge in [0.05, 0.1) is 19.0 Å². The number of aliphatic hydroxyl groups is 2. The third kappa shape index (κ3) is 7.90. The number of aliphatic hydroxyl groups excluding tert-OH is 2. The number of hydrogen-bond donors (Lipinski definition) is 4. The van der Waals surface area contributed by atoms with Crippen LogP contribution in [0.15, 0.2) is 11.6 Å². The van der Waals surface area contributed by atoms with Gasteiger partial charge in [-0.1, -0.05) is 0 Å². The van der Waals surface area contributed by atoms with E-state index in [1.807, 2.05) is 0 Å². The van der Waals surface area contributed by atoms with Crippen molar-refractivity contribution >= 4 is 16.1 Å². The van der Waals surface area contributed by atoms with E-state index in [2.05, 4.69) is 0 Å². The summed E-state index contributed by atoms with van der Waals surface area (Å²) in [4.78, 5) is 11.3. The Balaban J connectivity index is 0.000000555. The minimum Gasteiger partial charge on any atom is -0.463 e. The van der Waals surface area contributed by atoms with Crippen LogP contribution in [0.2, 0.25) is 0 Å². The van der Waals surface area contributed by atoms with E-state index in [1.54, 1.807) is 6.92 Å². The van der Waals surface area contributed by atoms with Crippen LogP contribution in [0.3, 0.4) is 0 Å². The van der Waals surface area contributed by atoms with Gasteiger partial charge >= 0.3 is 5.97 Å². The Kier molecular flexibility index (Phi) is 7.16. The fraction of sp³-hybridized carbons (Fsp3) is 0.700. The molecule has 0 heterocycles. The van der Waals surface area contributed by atoms with Crippen molar-refractivity contribution in [2.45, 2.75) is 31.6 Å². The van der Waals surface area contributed by atoms with Crippen LogP contribution in [0.4, 0.5) is 0 Å². The molecule has 0 saturated carbocycles. The molecule has 112 valence electrons. The van der Waals surface area contributed by atoms with Gasteiger partial charge in [-0.15, -0.1) is 0 Å². The quantitative estimate of drug-likeness (QED) is 0.353. The predicted molar refractivity (Wildman–Crippen MR) is 66.8 cm³/mol. The highest BCUT2D eigenvalue weighted by Gasteiger charge is 2.30. The van der Waals surface area contributed by atoms with Crippen LogP contribution in [-0.2, 0) is 19.6 Å². The molecule has 1 aliphatic rings. The Morgan fingerprint density at radius 3 is 2.37 bits per heavy atom. The van der Waals surface area contributed by atoms with Crippen LogP contribution in [0.25, 0.3) is 0 Å². The van der Waals surface area contributed by atoms with Gasteiger partial charge in [-0.3, -0.25) is 4.55 Å². The molecular weight excluding hydrogens is 278 g/mol. The number of carbonyl (C=O) groups excluding carboxylic acids is 1. The zero-order chi connectivity index (χ0) is 15.2. The van der Waals surface area contributed by atoms with Crippen molar-refractivity contribution in [2.24, 2.45) is 5.73 Å². The van der Waals surface area contributed by atoms with E-state index < -0.39 is 34.3 Å². The molecule has 0 radical (unpaired) electrons. The van der Waals surface area contributed by atoms with Crippen LogP contribution >= 0.6 is 0 Å². The predicted octanol–water partition coefficient (Wildman–Crippen LogP) is -1.57. The van der Waals surface area contributed by atoms with Gasteiger partial charge in [0.1, 0.15) is 6.10 Å². The molecule has 8 nitrogen and oxygen atoms in total. The summed E-state index contributed by atoms with van der Waals surface area (Å²) in [5.74, 6) is -0.478. The molecule has 0 bridgehead atoms. The van der Waals surface area contributed by atoms with Crippen molar-refractivity contribution in [1.82, 2.24) is 0 Å². The first-order chi connectivity index (χ1) is 8.56. The molecular formula is C10H19NO7S. The maximum atomic E-state index is 11.3. The van der Waals surface area contributed by atoms with Gasteiger partial charge < -0.3 is 20.7 Å². The average Bonchev–Trinajstić information content (AvgIpc) is 2.23. The summed E-state index contributed by atoms with van der Waals surface area (Å²) in [7, 11) is -3.67. The van der Waals surface area contributed by atoms with Crippen molar-refractivity contribution in [3.63, 3.8) is 0 Å². The zero-order valence-corrected chi connectivity index (χ0v) is 11.5. The molecule has 19 heavy (non-hydrogen) atoms. The van der Waals surface area contributed by atoms with E-state index in [0.717, 1.165) is 0 Å². The average molecular weight is 297 g/mol.